The molecule has 0 aliphatic rings. The molecule has 4 N–H and O–H groups in total. The Balaban J connectivity index is 0.00000289. The molecule has 2 aromatic heterocycles. The first kappa shape index (κ1) is 24.0. The van der Waals surface area contributed by atoms with Crippen molar-refractivity contribution in [3.63, 3.8) is 0 Å². The number of rotatable bonds is 7. The minimum atomic E-state index is -0.622. The number of aliphatic hydroxyl groups excluding tert-OH is 1. The van der Waals surface area contributed by atoms with Crippen molar-refractivity contribution in [3.8, 4) is 17.1 Å². The van der Waals surface area contributed by atoms with Crippen molar-refractivity contribution in [3.05, 3.63) is 65.3 Å². The van der Waals surface area contributed by atoms with Crippen LogP contribution in [0.1, 0.15) is 16.8 Å². The van der Waals surface area contributed by atoms with Gasteiger partial charge in [0.15, 0.2) is 11.8 Å². The van der Waals surface area contributed by atoms with Crippen LogP contribution in [-0.4, -0.2) is 46.9 Å². The Morgan fingerprint density at radius 1 is 1.19 bits per heavy atom. The standard InChI is InChI=1S/C22H24N6O2S.HI/c1-23-22(24-12-17(29)19-11-15-5-3-4-6-18(15)31-19)25-13-20-26-21(28-27-20)14-7-9-16(30-2)10-8-14;/h3-11,17,29H,12-13H2,1-2H3,(H2,23,24,25)(H,26,27,28);1H. The number of fused-ring (bicyclic) bond motifs is 1. The van der Waals surface area contributed by atoms with Gasteiger partial charge in [-0.1, -0.05) is 18.2 Å². The zero-order valence-electron chi connectivity index (χ0n) is 17.7. The van der Waals surface area contributed by atoms with Crippen LogP contribution >= 0.6 is 35.3 Å². The number of thiophene rings is 1. The fourth-order valence-corrected chi connectivity index (χ4v) is 4.14. The molecule has 4 rings (SSSR count). The summed E-state index contributed by atoms with van der Waals surface area (Å²) in [6.07, 6.45) is -0.622. The summed E-state index contributed by atoms with van der Waals surface area (Å²) in [4.78, 5) is 9.64. The van der Waals surface area contributed by atoms with Crippen LogP contribution in [0, 0.1) is 0 Å². The van der Waals surface area contributed by atoms with Crippen molar-refractivity contribution in [2.45, 2.75) is 12.6 Å². The molecule has 10 heteroatoms. The molecule has 0 aliphatic carbocycles. The minimum Gasteiger partial charge on any atom is -0.497 e. The molecule has 0 saturated heterocycles. The SMILES string of the molecule is CN=C(NCc1nc(-c2ccc(OC)cc2)n[nH]1)NCC(O)c1cc2ccccc2s1.I. The molecule has 0 aliphatic heterocycles. The maximum absolute atomic E-state index is 10.5. The average Bonchev–Trinajstić information content (AvgIpc) is 3.46. The Hall–Kier alpha value is -2.70. The van der Waals surface area contributed by atoms with Crippen LogP contribution in [0.4, 0.5) is 0 Å². The van der Waals surface area contributed by atoms with Crippen LogP contribution in [0.15, 0.2) is 59.6 Å². The summed E-state index contributed by atoms with van der Waals surface area (Å²) in [7, 11) is 3.32. The molecule has 32 heavy (non-hydrogen) atoms. The predicted molar refractivity (Wildman–Crippen MR) is 139 cm³/mol. The maximum atomic E-state index is 10.5. The van der Waals surface area contributed by atoms with Gasteiger partial charge in [-0.3, -0.25) is 10.1 Å². The molecule has 0 spiro atoms. The zero-order valence-corrected chi connectivity index (χ0v) is 20.8. The first-order valence-electron chi connectivity index (χ1n) is 9.83. The van der Waals surface area contributed by atoms with E-state index in [1.54, 1.807) is 25.5 Å². The molecule has 168 valence electrons. The van der Waals surface area contributed by atoms with Gasteiger partial charge in [-0.25, -0.2) is 4.98 Å². The number of hydrogen-bond acceptors (Lipinski definition) is 6. The Morgan fingerprint density at radius 2 is 1.97 bits per heavy atom. The number of nitrogens with zero attached hydrogens (tertiary/aromatic N) is 3. The van der Waals surface area contributed by atoms with Gasteiger partial charge in [0.05, 0.1) is 13.7 Å². The topological polar surface area (TPSA) is 107 Å². The molecule has 1 atom stereocenters. The maximum Gasteiger partial charge on any atom is 0.191 e. The van der Waals surface area contributed by atoms with Crippen LogP contribution < -0.4 is 15.4 Å². The van der Waals surface area contributed by atoms with Crippen molar-refractivity contribution < 1.29 is 9.84 Å². The van der Waals surface area contributed by atoms with Gasteiger partial charge in [-0.15, -0.1) is 35.3 Å². The summed E-state index contributed by atoms with van der Waals surface area (Å²) in [6.45, 7) is 0.766. The highest BCUT2D eigenvalue weighted by Crippen LogP contribution is 2.29. The summed E-state index contributed by atoms with van der Waals surface area (Å²) in [5.41, 5.74) is 0.900. The molecule has 8 nitrogen and oxygen atoms in total. The average molecular weight is 564 g/mol. The Bertz CT molecular complexity index is 1140. The van der Waals surface area contributed by atoms with Crippen molar-refractivity contribution in [2.75, 3.05) is 20.7 Å². The normalized spacial score (nSPS) is 12.3. The Kier molecular flexibility index (Phi) is 8.42. The summed E-state index contributed by atoms with van der Waals surface area (Å²) in [5.74, 6) is 2.65. The van der Waals surface area contributed by atoms with Gasteiger partial charge in [0.2, 0.25) is 0 Å². The van der Waals surface area contributed by atoms with E-state index < -0.39 is 6.10 Å². The highest BCUT2D eigenvalue weighted by atomic mass is 127. The summed E-state index contributed by atoms with van der Waals surface area (Å²) < 4.78 is 6.34. The second-order valence-corrected chi connectivity index (χ2v) is 7.96. The molecule has 0 bridgehead atoms. The van der Waals surface area contributed by atoms with Gasteiger partial charge < -0.3 is 20.5 Å². The Morgan fingerprint density at radius 3 is 2.69 bits per heavy atom. The third-order valence-electron chi connectivity index (χ3n) is 4.76. The summed E-state index contributed by atoms with van der Waals surface area (Å²) >= 11 is 1.60. The van der Waals surface area contributed by atoms with Gasteiger partial charge in [0.25, 0.3) is 0 Å². The number of guanidine groups is 1. The van der Waals surface area contributed by atoms with Crippen LogP contribution in [0.3, 0.4) is 0 Å². The lowest BCUT2D eigenvalue weighted by molar-refractivity contribution is 0.184. The predicted octanol–water partition coefficient (Wildman–Crippen LogP) is 3.71. The molecule has 1 unspecified atom stereocenters. The second-order valence-electron chi connectivity index (χ2n) is 6.84. The van der Waals surface area contributed by atoms with E-state index in [9.17, 15) is 5.11 Å². The number of benzene rings is 2. The molecular formula is C22H25IN6O2S. The molecule has 0 radical (unpaired) electrons. The van der Waals surface area contributed by atoms with Gasteiger partial charge in [-0.2, -0.15) is 5.10 Å². The molecule has 0 fully saturated rings. The van der Waals surface area contributed by atoms with E-state index in [0.29, 0.717) is 30.7 Å². The second kappa shape index (κ2) is 11.2. The van der Waals surface area contributed by atoms with Gasteiger partial charge in [0, 0.05) is 28.7 Å². The number of H-pyrrole nitrogens is 1. The molecule has 2 heterocycles. The van der Waals surface area contributed by atoms with E-state index in [0.717, 1.165) is 26.3 Å². The lowest BCUT2D eigenvalue weighted by Crippen LogP contribution is -2.39. The zero-order chi connectivity index (χ0) is 21.6. The van der Waals surface area contributed by atoms with E-state index in [-0.39, 0.29) is 24.0 Å². The fourth-order valence-electron chi connectivity index (χ4n) is 3.09. The van der Waals surface area contributed by atoms with Crippen LogP contribution in [-0.2, 0) is 6.54 Å². The third-order valence-corrected chi connectivity index (χ3v) is 5.98. The van der Waals surface area contributed by atoms with E-state index in [1.807, 2.05) is 48.5 Å². The number of aromatic amines is 1. The van der Waals surface area contributed by atoms with Gasteiger partial charge in [0.1, 0.15) is 17.7 Å². The van der Waals surface area contributed by atoms with Crippen LogP contribution in [0.2, 0.25) is 0 Å². The lowest BCUT2D eigenvalue weighted by atomic mass is 10.2. The number of nitrogens with one attached hydrogen (secondary N) is 3. The minimum absolute atomic E-state index is 0. The van der Waals surface area contributed by atoms with Crippen molar-refractivity contribution in [2.24, 2.45) is 4.99 Å². The van der Waals surface area contributed by atoms with Crippen molar-refractivity contribution in [1.82, 2.24) is 25.8 Å². The number of halogens is 1. The van der Waals surface area contributed by atoms with Crippen LogP contribution in [0.5, 0.6) is 5.75 Å². The number of aliphatic imine (C=N–C) groups is 1. The fraction of sp³-hybridized carbons (Fsp3) is 0.227. The lowest BCUT2D eigenvalue weighted by Gasteiger charge is -2.13. The molecule has 0 amide bonds. The molecule has 4 aromatic rings. The molecule has 2 aromatic carbocycles. The quantitative estimate of drug-likeness (QED) is 0.155. The Labute approximate surface area is 207 Å². The monoisotopic (exact) mass is 564 g/mol. The van der Waals surface area contributed by atoms with Crippen molar-refractivity contribution in [1.29, 1.82) is 0 Å². The number of aromatic nitrogens is 3. The highest BCUT2D eigenvalue weighted by molar-refractivity contribution is 14.0. The molecular weight excluding hydrogens is 539 g/mol. The number of ether oxygens (including phenoxy) is 1. The van der Waals surface area contributed by atoms with Crippen LogP contribution in [0.25, 0.3) is 21.5 Å². The largest absolute Gasteiger partial charge is 0.497 e. The van der Waals surface area contributed by atoms with Crippen molar-refractivity contribution >= 4 is 51.4 Å². The van der Waals surface area contributed by atoms with Gasteiger partial charge >= 0.3 is 0 Å². The first-order valence-corrected chi connectivity index (χ1v) is 10.6. The number of aliphatic hydroxyl groups is 1. The summed E-state index contributed by atoms with van der Waals surface area (Å²) in [6, 6.07) is 17.7. The third kappa shape index (κ3) is 5.75. The number of methoxy groups -OCH3 is 1. The summed E-state index contributed by atoms with van der Waals surface area (Å²) in [5, 5.41) is 25.2. The highest BCUT2D eigenvalue weighted by Gasteiger charge is 2.13. The first-order chi connectivity index (χ1) is 15.2. The van der Waals surface area contributed by atoms with Gasteiger partial charge in [-0.05, 0) is 41.8 Å². The smallest absolute Gasteiger partial charge is 0.191 e. The number of hydrogen-bond donors (Lipinski definition) is 4. The van der Waals surface area contributed by atoms with E-state index in [2.05, 4.69) is 36.9 Å². The van der Waals surface area contributed by atoms with E-state index in [1.165, 1.54) is 0 Å². The van der Waals surface area contributed by atoms with E-state index >= 15 is 0 Å². The molecule has 0 saturated carbocycles. The van der Waals surface area contributed by atoms with E-state index in [4.69, 9.17) is 4.74 Å².